The topological polar surface area (TPSA) is 52.7 Å². The number of hydrogen-bond acceptors (Lipinski definition) is 3. The second-order valence-corrected chi connectivity index (χ2v) is 8.55. The van der Waals surface area contributed by atoms with E-state index in [1.54, 1.807) is 0 Å². The second-order valence-electron chi connectivity index (χ2n) is 8.12. The van der Waals surface area contributed by atoms with E-state index in [4.69, 9.17) is 11.6 Å². The fourth-order valence-electron chi connectivity index (χ4n) is 4.80. The fourth-order valence-corrected chi connectivity index (χ4v) is 4.92. The van der Waals surface area contributed by atoms with Crippen LogP contribution in [0.25, 0.3) is 0 Å². The third kappa shape index (κ3) is 4.30. The van der Waals surface area contributed by atoms with Crippen molar-refractivity contribution in [3.63, 3.8) is 0 Å². The van der Waals surface area contributed by atoms with Gasteiger partial charge in [-0.15, -0.1) is 0 Å². The van der Waals surface area contributed by atoms with Gasteiger partial charge in [-0.3, -0.25) is 9.59 Å². The van der Waals surface area contributed by atoms with Crippen molar-refractivity contribution in [1.29, 1.82) is 0 Å². The standard InChI is InChI=1S/C21H28ClN3O2/c22-17-7-5-15(6-8-17)13-20(26)24-9-11-25(12-10-24)21(27)19-14-16-3-1-2-4-18(16)23-19/h5-8,16,18-19,23H,1-4,9-14H2. The van der Waals surface area contributed by atoms with Crippen LogP contribution in [0, 0.1) is 5.92 Å². The lowest BCUT2D eigenvalue weighted by molar-refractivity contribution is -0.140. The summed E-state index contributed by atoms with van der Waals surface area (Å²) >= 11 is 5.90. The van der Waals surface area contributed by atoms with Crippen molar-refractivity contribution in [1.82, 2.24) is 15.1 Å². The fraction of sp³-hybridized carbons (Fsp3) is 0.619. The summed E-state index contributed by atoms with van der Waals surface area (Å²) in [7, 11) is 0. The molecule has 1 aliphatic carbocycles. The van der Waals surface area contributed by atoms with Crippen LogP contribution in [0.5, 0.6) is 0 Å². The molecule has 0 radical (unpaired) electrons. The quantitative estimate of drug-likeness (QED) is 0.864. The van der Waals surface area contributed by atoms with Crippen molar-refractivity contribution >= 4 is 23.4 Å². The van der Waals surface area contributed by atoms with E-state index in [2.05, 4.69) is 5.32 Å². The highest BCUT2D eigenvalue weighted by atomic mass is 35.5. The van der Waals surface area contributed by atoms with E-state index >= 15 is 0 Å². The molecule has 2 aliphatic heterocycles. The van der Waals surface area contributed by atoms with Crippen molar-refractivity contribution < 1.29 is 9.59 Å². The second kappa shape index (κ2) is 8.19. The Bertz CT molecular complexity index is 671. The van der Waals surface area contributed by atoms with E-state index in [0.717, 1.165) is 12.0 Å². The maximum atomic E-state index is 12.9. The number of nitrogens with zero attached hydrogens (tertiary/aromatic N) is 2. The highest BCUT2D eigenvalue weighted by molar-refractivity contribution is 6.30. The summed E-state index contributed by atoms with van der Waals surface area (Å²) in [5, 5.41) is 4.26. The number of amides is 2. The molecule has 0 bridgehead atoms. The van der Waals surface area contributed by atoms with E-state index in [0.29, 0.717) is 49.6 Å². The van der Waals surface area contributed by atoms with Crippen LogP contribution in [-0.4, -0.2) is 59.9 Å². The molecular formula is C21H28ClN3O2. The molecule has 1 saturated carbocycles. The third-order valence-electron chi connectivity index (χ3n) is 6.37. The van der Waals surface area contributed by atoms with E-state index in [9.17, 15) is 9.59 Å². The van der Waals surface area contributed by atoms with Crippen molar-refractivity contribution in [2.75, 3.05) is 26.2 Å². The summed E-state index contributed by atoms with van der Waals surface area (Å²) in [6, 6.07) is 7.93. The molecule has 2 heterocycles. The Morgan fingerprint density at radius 3 is 2.37 bits per heavy atom. The highest BCUT2D eigenvalue weighted by Crippen LogP contribution is 2.33. The molecule has 1 N–H and O–H groups in total. The molecule has 0 spiro atoms. The minimum absolute atomic E-state index is 0.0191. The van der Waals surface area contributed by atoms with Crippen molar-refractivity contribution in [3.8, 4) is 0 Å². The Labute approximate surface area is 166 Å². The Kier molecular flexibility index (Phi) is 5.69. The van der Waals surface area contributed by atoms with Gasteiger partial charge in [-0.1, -0.05) is 36.6 Å². The minimum Gasteiger partial charge on any atom is -0.339 e. The molecule has 27 heavy (non-hydrogen) atoms. The Morgan fingerprint density at radius 1 is 1.00 bits per heavy atom. The van der Waals surface area contributed by atoms with Gasteiger partial charge in [0.25, 0.3) is 0 Å². The number of hydrogen-bond donors (Lipinski definition) is 1. The van der Waals surface area contributed by atoms with Gasteiger partial charge in [-0.05, 0) is 42.9 Å². The first-order valence-electron chi connectivity index (χ1n) is 10.2. The first-order chi connectivity index (χ1) is 13.1. The van der Waals surface area contributed by atoms with Gasteiger partial charge in [-0.2, -0.15) is 0 Å². The van der Waals surface area contributed by atoms with Crippen molar-refractivity contribution in [2.24, 2.45) is 5.92 Å². The molecule has 4 rings (SSSR count). The van der Waals surface area contributed by atoms with Crippen LogP contribution in [0.4, 0.5) is 0 Å². The molecule has 2 amide bonds. The van der Waals surface area contributed by atoms with Crippen molar-refractivity contribution in [2.45, 2.75) is 50.6 Å². The summed E-state index contributed by atoms with van der Waals surface area (Å²) < 4.78 is 0. The molecule has 3 fully saturated rings. The molecule has 2 saturated heterocycles. The summed E-state index contributed by atoms with van der Waals surface area (Å²) in [5.41, 5.74) is 0.973. The summed E-state index contributed by atoms with van der Waals surface area (Å²) in [5.74, 6) is 1.03. The van der Waals surface area contributed by atoms with E-state index in [-0.39, 0.29) is 17.9 Å². The van der Waals surface area contributed by atoms with Crippen LogP contribution in [-0.2, 0) is 16.0 Å². The first-order valence-corrected chi connectivity index (χ1v) is 10.5. The minimum atomic E-state index is -0.0191. The van der Waals surface area contributed by atoms with Gasteiger partial charge < -0.3 is 15.1 Å². The first kappa shape index (κ1) is 18.8. The smallest absolute Gasteiger partial charge is 0.239 e. The van der Waals surface area contributed by atoms with E-state index in [1.165, 1.54) is 25.7 Å². The zero-order valence-electron chi connectivity index (χ0n) is 15.7. The average Bonchev–Trinajstić information content (AvgIpc) is 3.13. The van der Waals surface area contributed by atoms with Crippen LogP contribution >= 0.6 is 11.6 Å². The Balaban J connectivity index is 1.26. The van der Waals surface area contributed by atoms with Crippen LogP contribution in [0.2, 0.25) is 5.02 Å². The summed E-state index contributed by atoms with van der Waals surface area (Å²) in [4.78, 5) is 29.2. The van der Waals surface area contributed by atoms with Crippen molar-refractivity contribution in [3.05, 3.63) is 34.9 Å². The average molecular weight is 390 g/mol. The van der Waals surface area contributed by atoms with Gasteiger partial charge in [0, 0.05) is 37.2 Å². The van der Waals surface area contributed by atoms with Crippen LogP contribution in [0.1, 0.15) is 37.7 Å². The van der Waals surface area contributed by atoms with Crippen LogP contribution in [0.15, 0.2) is 24.3 Å². The summed E-state index contributed by atoms with van der Waals surface area (Å²) in [6.45, 7) is 2.52. The lowest BCUT2D eigenvalue weighted by atomic mass is 9.85. The van der Waals surface area contributed by atoms with Gasteiger partial charge in [-0.25, -0.2) is 0 Å². The van der Waals surface area contributed by atoms with Gasteiger partial charge in [0.2, 0.25) is 11.8 Å². The summed E-state index contributed by atoms with van der Waals surface area (Å²) in [6.07, 6.45) is 6.43. The van der Waals surface area contributed by atoms with Gasteiger partial charge in [0.1, 0.15) is 0 Å². The number of nitrogens with one attached hydrogen (secondary N) is 1. The SMILES string of the molecule is O=C(Cc1ccc(Cl)cc1)N1CCN(C(=O)C2CC3CCCCC3N2)CC1. The zero-order valence-corrected chi connectivity index (χ0v) is 16.5. The lowest BCUT2D eigenvalue weighted by Gasteiger charge is -2.36. The molecule has 6 heteroatoms. The van der Waals surface area contributed by atoms with Crippen LogP contribution < -0.4 is 5.32 Å². The van der Waals surface area contributed by atoms with Gasteiger partial charge >= 0.3 is 0 Å². The van der Waals surface area contributed by atoms with E-state index < -0.39 is 0 Å². The predicted octanol–water partition coefficient (Wildman–Crippen LogP) is 2.47. The molecule has 3 unspecified atom stereocenters. The zero-order chi connectivity index (χ0) is 18.8. The number of benzene rings is 1. The Hall–Kier alpha value is -1.59. The predicted molar refractivity (Wildman–Crippen MR) is 106 cm³/mol. The molecule has 3 atom stereocenters. The number of carbonyl (C=O) groups excluding carboxylic acids is 2. The molecule has 3 aliphatic rings. The molecule has 1 aromatic carbocycles. The molecule has 0 aromatic heterocycles. The lowest BCUT2D eigenvalue weighted by Crippen LogP contribution is -2.54. The third-order valence-corrected chi connectivity index (χ3v) is 6.63. The maximum Gasteiger partial charge on any atom is 0.239 e. The Morgan fingerprint density at radius 2 is 1.67 bits per heavy atom. The molecule has 5 nitrogen and oxygen atoms in total. The van der Waals surface area contributed by atoms with Gasteiger partial charge in [0.05, 0.1) is 12.5 Å². The number of carbonyl (C=O) groups is 2. The van der Waals surface area contributed by atoms with E-state index in [1.807, 2.05) is 34.1 Å². The molecule has 146 valence electrons. The molecule has 1 aromatic rings. The molecular weight excluding hydrogens is 362 g/mol. The largest absolute Gasteiger partial charge is 0.339 e. The highest BCUT2D eigenvalue weighted by Gasteiger charge is 2.40. The number of halogens is 1. The van der Waals surface area contributed by atoms with Crippen LogP contribution in [0.3, 0.4) is 0 Å². The number of piperazine rings is 1. The monoisotopic (exact) mass is 389 g/mol. The number of rotatable bonds is 3. The van der Waals surface area contributed by atoms with Gasteiger partial charge in [0.15, 0.2) is 0 Å². The number of fused-ring (bicyclic) bond motifs is 1. The normalized spacial score (nSPS) is 28.1. The maximum absolute atomic E-state index is 12.9.